The average molecular weight is 392 g/mol. The summed E-state index contributed by atoms with van der Waals surface area (Å²) < 4.78 is 5.33. The van der Waals surface area contributed by atoms with Crippen molar-refractivity contribution in [3.63, 3.8) is 0 Å². The fourth-order valence-corrected chi connectivity index (χ4v) is 3.29. The lowest BCUT2D eigenvalue weighted by Crippen LogP contribution is -2.16. The summed E-state index contributed by atoms with van der Waals surface area (Å²) in [7, 11) is 0. The van der Waals surface area contributed by atoms with Gasteiger partial charge in [-0.15, -0.1) is 0 Å². The largest absolute Gasteiger partial charge is 0.339 e. The Hall–Kier alpha value is -2.95. The summed E-state index contributed by atoms with van der Waals surface area (Å²) in [6.45, 7) is 10.6. The minimum Gasteiger partial charge on any atom is -0.339 e. The van der Waals surface area contributed by atoms with Crippen molar-refractivity contribution in [2.75, 3.05) is 5.32 Å². The molecule has 0 bridgehead atoms. The summed E-state index contributed by atoms with van der Waals surface area (Å²) in [6, 6.07) is 14.2. The van der Waals surface area contributed by atoms with E-state index < -0.39 is 0 Å². The molecule has 0 saturated heterocycles. The van der Waals surface area contributed by atoms with E-state index in [2.05, 4.69) is 61.4 Å². The number of hydrogen-bond donors (Lipinski definition) is 1. The minimum absolute atomic E-state index is 0.0462. The predicted octanol–water partition coefficient (Wildman–Crippen LogP) is 5.86. The fraction of sp³-hybridized carbons (Fsp3) is 0.375. The minimum atomic E-state index is -0.0462. The summed E-state index contributed by atoms with van der Waals surface area (Å²) in [6.07, 6.45) is 0.699. The Kier molecular flexibility index (Phi) is 6.47. The van der Waals surface area contributed by atoms with E-state index in [1.54, 1.807) is 0 Å². The maximum absolute atomic E-state index is 12.6. The van der Waals surface area contributed by atoms with E-state index in [-0.39, 0.29) is 5.91 Å². The van der Waals surface area contributed by atoms with Crippen LogP contribution >= 0.6 is 0 Å². The van der Waals surface area contributed by atoms with Crippen LogP contribution in [0.3, 0.4) is 0 Å². The number of nitrogens with zero attached hydrogens (tertiary/aromatic N) is 2. The van der Waals surface area contributed by atoms with Crippen LogP contribution in [0.4, 0.5) is 5.69 Å². The SMILES string of the molecule is Cc1ccc(-c2noc(CCC(=O)Nc3c(C(C)C)cccc3C(C)C)n2)cc1. The highest BCUT2D eigenvalue weighted by Crippen LogP contribution is 2.32. The monoisotopic (exact) mass is 391 g/mol. The molecular formula is C24H29N3O2. The van der Waals surface area contributed by atoms with Crippen LogP contribution in [0.25, 0.3) is 11.4 Å². The van der Waals surface area contributed by atoms with Gasteiger partial charge in [0.1, 0.15) is 0 Å². The molecule has 1 amide bonds. The van der Waals surface area contributed by atoms with Crippen LogP contribution in [0.15, 0.2) is 47.0 Å². The van der Waals surface area contributed by atoms with Gasteiger partial charge in [0.2, 0.25) is 17.6 Å². The second-order valence-corrected chi connectivity index (χ2v) is 8.05. The molecule has 1 heterocycles. The van der Waals surface area contributed by atoms with Crippen LogP contribution < -0.4 is 5.32 Å². The molecule has 0 saturated carbocycles. The number of para-hydroxylation sites is 1. The summed E-state index contributed by atoms with van der Waals surface area (Å²) >= 11 is 0. The molecule has 0 aliphatic carbocycles. The molecule has 0 radical (unpaired) electrons. The Labute approximate surface area is 172 Å². The first kappa shape index (κ1) is 20.8. The Bertz CT molecular complexity index is 946. The molecule has 152 valence electrons. The van der Waals surface area contributed by atoms with Crippen molar-refractivity contribution < 1.29 is 9.32 Å². The Balaban J connectivity index is 1.67. The van der Waals surface area contributed by atoms with Gasteiger partial charge in [0.25, 0.3) is 0 Å². The summed E-state index contributed by atoms with van der Waals surface area (Å²) in [4.78, 5) is 17.1. The highest BCUT2D eigenvalue weighted by molar-refractivity contribution is 5.92. The number of hydrogen-bond acceptors (Lipinski definition) is 4. The molecule has 29 heavy (non-hydrogen) atoms. The van der Waals surface area contributed by atoms with Gasteiger partial charge in [0.15, 0.2) is 0 Å². The topological polar surface area (TPSA) is 68.0 Å². The van der Waals surface area contributed by atoms with Crippen molar-refractivity contribution >= 4 is 11.6 Å². The van der Waals surface area contributed by atoms with E-state index in [1.807, 2.05) is 31.2 Å². The third kappa shape index (κ3) is 5.11. The predicted molar refractivity (Wildman–Crippen MR) is 116 cm³/mol. The lowest BCUT2D eigenvalue weighted by atomic mass is 9.92. The summed E-state index contributed by atoms with van der Waals surface area (Å²) in [5.74, 6) is 1.63. The smallest absolute Gasteiger partial charge is 0.227 e. The van der Waals surface area contributed by atoms with Gasteiger partial charge < -0.3 is 9.84 Å². The molecule has 3 rings (SSSR count). The zero-order valence-corrected chi connectivity index (χ0v) is 17.8. The number of carbonyl (C=O) groups excluding carboxylic acids is 1. The van der Waals surface area contributed by atoms with Crippen molar-refractivity contribution in [2.45, 2.75) is 59.3 Å². The molecule has 0 aliphatic heterocycles. The number of rotatable bonds is 7. The van der Waals surface area contributed by atoms with Crippen LogP contribution in [-0.2, 0) is 11.2 Å². The third-order valence-electron chi connectivity index (χ3n) is 4.98. The van der Waals surface area contributed by atoms with Crippen molar-refractivity contribution in [1.29, 1.82) is 0 Å². The number of nitrogens with one attached hydrogen (secondary N) is 1. The van der Waals surface area contributed by atoms with E-state index in [1.165, 1.54) is 5.56 Å². The standard InChI is InChI=1S/C24H29N3O2/c1-15(2)19-7-6-8-20(16(3)4)23(19)25-21(28)13-14-22-26-24(27-29-22)18-11-9-17(5)10-12-18/h6-12,15-16H,13-14H2,1-5H3,(H,25,28). The first-order valence-electron chi connectivity index (χ1n) is 10.2. The van der Waals surface area contributed by atoms with Gasteiger partial charge in [-0.25, -0.2) is 0 Å². The first-order chi connectivity index (χ1) is 13.8. The first-order valence-corrected chi connectivity index (χ1v) is 10.2. The normalized spacial score (nSPS) is 11.3. The van der Waals surface area contributed by atoms with E-state index in [0.29, 0.717) is 36.4 Å². The van der Waals surface area contributed by atoms with Gasteiger partial charge in [-0.2, -0.15) is 4.98 Å². The Morgan fingerprint density at radius 2 is 1.62 bits per heavy atom. The number of amides is 1. The number of anilines is 1. The lowest BCUT2D eigenvalue weighted by molar-refractivity contribution is -0.116. The van der Waals surface area contributed by atoms with Gasteiger partial charge in [0, 0.05) is 24.1 Å². The average Bonchev–Trinajstić information content (AvgIpc) is 3.15. The molecule has 0 spiro atoms. The van der Waals surface area contributed by atoms with Crippen LogP contribution in [0.2, 0.25) is 0 Å². The van der Waals surface area contributed by atoms with Crippen LogP contribution in [-0.4, -0.2) is 16.0 Å². The highest BCUT2D eigenvalue weighted by Gasteiger charge is 2.17. The van der Waals surface area contributed by atoms with Gasteiger partial charge in [-0.3, -0.25) is 4.79 Å². The Morgan fingerprint density at radius 3 is 2.21 bits per heavy atom. The molecular weight excluding hydrogens is 362 g/mol. The molecule has 5 nitrogen and oxygen atoms in total. The van der Waals surface area contributed by atoms with Crippen molar-refractivity contribution in [2.24, 2.45) is 0 Å². The number of carbonyl (C=O) groups is 1. The molecule has 2 aromatic carbocycles. The quantitative estimate of drug-likeness (QED) is 0.547. The van der Waals surface area contributed by atoms with Gasteiger partial charge in [-0.1, -0.05) is 80.9 Å². The molecule has 5 heteroatoms. The molecule has 0 fully saturated rings. The molecule has 1 N–H and O–H groups in total. The van der Waals surface area contributed by atoms with Gasteiger partial charge in [0.05, 0.1) is 0 Å². The number of aromatic nitrogens is 2. The van der Waals surface area contributed by atoms with E-state index in [0.717, 1.165) is 22.4 Å². The number of aryl methyl sites for hydroxylation is 2. The second-order valence-electron chi connectivity index (χ2n) is 8.05. The zero-order chi connectivity index (χ0) is 21.0. The zero-order valence-electron chi connectivity index (χ0n) is 17.8. The van der Waals surface area contributed by atoms with E-state index in [4.69, 9.17) is 4.52 Å². The van der Waals surface area contributed by atoms with Crippen molar-refractivity contribution in [3.05, 3.63) is 65.0 Å². The number of benzene rings is 2. The molecule has 0 atom stereocenters. The third-order valence-corrected chi connectivity index (χ3v) is 4.98. The Morgan fingerprint density at radius 1 is 1.00 bits per heavy atom. The van der Waals surface area contributed by atoms with Gasteiger partial charge >= 0.3 is 0 Å². The van der Waals surface area contributed by atoms with Gasteiger partial charge in [-0.05, 0) is 29.9 Å². The summed E-state index contributed by atoms with van der Waals surface area (Å²) in [5.41, 5.74) is 5.33. The molecule has 1 aromatic heterocycles. The molecule has 0 aliphatic rings. The van der Waals surface area contributed by atoms with E-state index >= 15 is 0 Å². The van der Waals surface area contributed by atoms with E-state index in [9.17, 15) is 4.79 Å². The molecule has 0 unspecified atom stereocenters. The van der Waals surface area contributed by atoms with Crippen molar-refractivity contribution in [3.8, 4) is 11.4 Å². The maximum atomic E-state index is 12.6. The van der Waals surface area contributed by atoms with Crippen LogP contribution in [0.5, 0.6) is 0 Å². The van der Waals surface area contributed by atoms with Crippen molar-refractivity contribution in [1.82, 2.24) is 10.1 Å². The maximum Gasteiger partial charge on any atom is 0.227 e. The highest BCUT2D eigenvalue weighted by atomic mass is 16.5. The second kappa shape index (κ2) is 9.03. The fourth-order valence-electron chi connectivity index (χ4n) is 3.29. The summed E-state index contributed by atoms with van der Waals surface area (Å²) in [5, 5.41) is 7.16. The van der Waals surface area contributed by atoms with Crippen LogP contribution in [0, 0.1) is 6.92 Å². The lowest BCUT2D eigenvalue weighted by Gasteiger charge is -2.20. The van der Waals surface area contributed by atoms with Crippen LogP contribution in [0.1, 0.15) is 68.5 Å². The molecule has 3 aromatic rings.